The topological polar surface area (TPSA) is 81.9 Å². The van der Waals surface area contributed by atoms with Crippen LogP contribution in [-0.2, 0) is 23.8 Å². The summed E-state index contributed by atoms with van der Waals surface area (Å²) < 4.78 is 10.8. The Hall–Kier alpha value is -4.24. The second kappa shape index (κ2) is 17.3. The van der Waals surface area contributed by atoms with Crippen LogP contribution in [0.5, 0.6) is 0 Å². The van der Waals surface area contributed by atoms with Crippen molar-refractivity contribution in [2.45, 2.75) is 55.3 Å². The van der Waals surface area contributed by atoms with Gasteiger partial charge in [0.05, 0.1) is 23.5 Å². The van der Waals surface area contributed by atoms with E-state index in [1.807, 2.05) is 87.7 Å². The van der Waals surface area contributed by atoms with Crippen molar-refractivity contribution in [3.8, 4) is 0 Å². The second-order valence-electron chi connectivity index (χ2n) is 13.6. The van der Waals surface area contributed by atoms with Crippen molar-refractivity contribution in [2.75, 3.05) is 24.1 Å². The Morgan fingerprint density at radius 2 is 1.22 bits per heavy atom. The van der Waals surface area contributed by atoms with Crippen LogP contribution < -0.4 is 10.9 Å². The van der Waals surface area contributed by atoms with Gasteiger partial charge < -0.3 is 9.47 Å². The molecule has 0 bridgehead atoms. The van der Waals surface area contributed by atoms with Crippen LogP contribution in [-0.4, -0.2) is 47.9 Å². The molecule has 266 valence electrons. The highest BCUT2D eigenvalue weighted by Gasteiger charge is 2.40. The van der Waals surface area contributed by atoms with E-state index in [1.165, 1.54) is 12.1 Å². The summed E-state index contributed by atoms with van der Waals surface area (Å²) in [4.78, 5) is 27.4. The number of fused-ring (bicyclic) bond motifs is 1. The zero-order valence-corrected chi connectivity index (χ0v) is 31.7. The van der Waals surface area contributed by atoms with E-state index in [4.69, 9.17) is 15.3 Å². The number of nitrogens with two attached hydrogens (primary N) is 1. The number of esters is 2. The number of nitrogens with zero attached hydrogens (tertiary/aromatic N) is 1. The first-order valence-electron chi connectivity index (χ1n) is 17.2. The van der Waals surface area contributed by atoms with Gasteiger partial charge in [0.1, 0.15) is 11.6 Å². The summed E-state index contributed by atoms with van der Waals surface area (Å²) in [6.45, 7) is 5.69. The number of hydrogen-bond acceptors (Lipinski definition) is 8. The summed E-state index contributed by atoms with van der Waals surface area (Å²) in [7, 11) is 1.38. The van der Waals surface area contributed by atoms with Gasteiger partial charge in [-0.1, -0.05) is 121 Å². The molecular weight excluding hydrogens is 673 g/mol. The fraction of sp³-hybridized carbons (Fsp3) is 0.302. The lowest BCUT2D eigenvalue weighted by atomic mass is 9.84. The maximum absolute atomic E-state index is 14.1. The SMILES string of the molecule is COC(=O)[C@H](CC(C[C@@H](CSC(c1ccccc1)(c1ccccc1)c1ccccc1)C(=O)OC(C)(C)C)SC)N(N)c1ccc2ccccc2c1. The van der Waals surface area contributed by atoms with Gasteiger partial charge in [0.15, 0.2) is 0 Å². The Morgan fingerprint density at radius 1 is 0.706 bits per heavy atom. The maximum Gasteiger partial charge on any atom is 0.330 e. The van der Waals surface area contributed by atoms with E-state index >= 15 is 0 Å². The Labute approximate surface area is 311 Å². The lowest BCUT2D eigenvalue weighted by molar-refractivity contribution is -0.159. The van der Waals surface area contributed by atoms with Crippen LogP contribution >= 0.6 is 23.5 Å². The lowest BCUT2D eigenvalue weighted by Crippen LogP contribution is -2.48. The molecule has 0 aliphatic carbocycles. The molecule has 0 radical (unpaired) electrons. The standard InChI is InChI=1S/C43H48N2O4S2/c1-42(2,3)49-40(46)33(28-38(50-5)29-39(41(47)48-4)45(44)37-26-25-31-17-15-16-18-32(31)27-37)30-51-43(34-19-9-6-10-20-34,35-21-11-7-12-22-35)36-23-13-8-14-24-36/h6-27,33,38-39H,28-30,44H2,1-5H3/t33-,38?,39-/m0/s1. The molecule has 0 aliphatic heterocycles. The third-order valence-electron chi connectivity index (χ3n) is 8.99. The molecule has 0 saturated heterocycles. The van der Waals surface area contributed by atoms with Crippen LogP contribution in [0.1, 0.15) is 50.3 Å². The highest BCUT2D eigenvalue weighted by molar-refractivity contribution is 8.00. The molecule has 0 saturated carbocycles. The molecule has 0 spiro atoms. The van der Waals surface area contributed by atoms with Crippen LogP contribution in [0.15, 0.2) is 133 Å². The molecule has 6 nitrogen and oxygen atoms in total. The lowest BCUT2D eigenvalue weighted by Gasteiger charge is -2.37. The first kappa shape index (κ1) is 38.0. The third kappa shape index (κ3) is 9.36. The molecule has 0 aromatic heterocycles. The molecule has 0 amide bonds. The minimum atomic E-state index is -0.766. The van der Waals surface area contributed by atoms with Gasteiger partial charge in [-0.25, -0.2) is 10.6 Å². The van der Waals surface area contributed by atoms with E-state index in [1.54, 1.807) is 23.5 Å². The van der Waals surface area contributed by atoms with Crippen molar-refractivity contribution >= 4 is 51.9 Å². The summed E-state index contributed by atoms with van der Waals surface area (Å²) >= 11 is 3.36. The molecule has 5 aromatic rings. The highest BCUT2D eigenvalue weighted by Crippen LogP contribution is 2.49. The Balaban J connectivity index is 1.49. The van der Waals surface area contributed by atoms with Crippen molar-refractivity contribution in [2.24, 2.45) is 11.8 Å². The molecule has 3 atom stereocenters. The maximum atomic E-state index is 14.1. The first-order chi connectivity index (χ1) is 24.6. The number of rotatable bonds is 15. The van der Waals surface area contributed by atoms with Gasteiger partial charge in [-0.3, -0.25) is 9.80 Å². The van der Waals surface area contributed by atoms with Crippen LogP contribution in [0.3, 0.4) is 0 Å². The molecule has 0 fully saturated rings. The summed E-state index contributed by atoms with van der Waals surface area (Å²) in [6.07, 6.45) is 2.87. The van der Waals surface area contributed by atoms with Gasteiger partial charge in [-0.15, -0.1) is 11.8 Å². The second-order valence-corrected chi connectivity index (χ2v) is 16.0. The van der Waals surface area contributed by atoms with Crippen LogP contribution in [0.2, 0.25) is 0 Å². The molecule has 8 heteroatoms. The number of benzene rings is 5. The molecule has 5 aromatic carbocycles. The minimum Gasteiger partial charge on any atom is -0.467 e. The summed E-state index contributed by atoms with van der Waals surface area (Å²) in [5, 5.41) is 3.50. The number of carbonyl (C=O) groups is 2. The van der Waals surface area contributed by atoms with Gasteiger partial charge in [0, 0.05) is 11.0 Å². The molecule has 1 unspecified atom stereocenters. The van der Waals surface area contributed by atoms with E-state index in [-0.39, 0.29) is 11.2 Å². The zero-order valence-electron chi connectivity index (χ0n) is 30.0. The molecule has 0 aliphatic rings. The van der Waals surface area contributed by atoms with Gasteiger partial charge >= 0.3 is 11.9 Å². The Kier molecular flexibility index (Phi) is 12.9. The van der Waals surface area contributed by atoms with Gasteiger partial charge in [0.25, 0.3) is 0 Å². The predicted octanol–water partition coefficient (Wildman–Crippen LogP) is 9.26. The summed E-state index contributed by atoms with van der Waals surface area (Å²) in [5.74, 6) is 6.03. The smallest absolute Gasteiger partial charge is 0.330 e. The minimum absolute atomic E-state index is 0.113. The number of hydrogen-bond donors (Lipinski definition) is 1. The van der Waals surface area contributed by atoms with Gasteiger partial charge in [-0.05, 0) is 79.5 Å². The molecule has 51 heavy (non-hydrogen) atoms. The number of carbonyl (C=O) groups excluding carboxylic acids is 2. The number of anilines is 1. The van der Waals surface area contributed by atoms with Crippen molar-refractivity contribution < 1.29 is 19.1 Å². The van der Waals surface area contributed by atoms with E-state index < -0.39 is 28.3 Å². The largest absolute Gasteiger partial charge is 0.467 e. The first-order valence-corrected chi connectivity index (χ1v) is 19.5. The van der Waals surface area contributed by atoms with Crippen molar-refractivity contribution in [3.63, 3.8) is 0 Å². The fourth-order valence-corrected chi connectivity index (χ4v) is 8.87. The highest BCUT2D eigenvalue weighted by atomic mass is 32.2. The van der Waals surface area contributed by atoms with Gasteiger partial charge in [-0.2, -0.15) is 11.8 Å². The van der Waals surface area contributed by atoms with E-state index in [2.05, 4.69) is 72.8 Å². The van der Waals surface area contributed by atoms with Crippen molar-refractivity contribution in [1.82, 2.24) is 0 Å². The molecule has 2 N–H and O–H groups in total. The van der Waals surface area contributed by atoms with Crippen molar-refractivity contribution in [1.29, 1.82) is 0 Å². The summed E-state index contributed by atoms with van der Waals surface area (Å²) in [5.41, 5.74) is 3.41. The van der Waals surface area contributed by atoms with Crippen molar-refractivity contribution in [3.05, 3.63) is 150 Å². The van der Waals surface area contributed by atoms with E-state index in [0.29, 0.717) is 24.3 Å². The van der Waals surface area contributed by atoms with Gasteiger partial charge in [0.2, 0.25) is 0 Å². The normalized spacial score (nSPS) is 13.6. The molecule has 0 heterocycles. The summed E-state index contributed by atoms with van der Waals surface area (Å²) in [6, 6.07) is 44.6. The van der Waals surface area contributed by atoms with E-state index in [0.717, 1.165) is 27.5 Å². The Bertz CT molecular complexity index is 1770. The average molecular weight is 721 g/mol. The van der Waals surface area contributed by atoms with Crippen LogP contribution in [0.25, 0.3) is 10.8 Å². The monoisotopic (exact) mass is 720 g/mol. The van der Waals surface area contributed by atoms with Crippen LogP contribution in [0, 0.1) is 5.92 Å². The number of hydrazine groups is 1. The number of methoxy groups -OCH3 is 1. The fourth-order valence-electron chi connectivity index (χ4n) is 6.44. The van der Waals surface area contributed by atoms with E-state index in [9.17, 15) is 9.59 Å². The molecule has 5 rings (SSSR count). The zero-order chi connectivity index (χ0) is 36.4. The Morgan fingerprint density at radius 3 is 1.71 bits per heavy atom. The predicted molar refractivity (Wildman–Crippen MR) is 214 cm³/mol. The quantitative estimate of drug-likeness (QED) is 0.0496. The average Bonchev–Trinajstić information content (AvgIpc) is 3.15. The number of ether oxygens (including phenoxy) is 2. The van der Waals surface area contributed by atoms with Crippen LogP contribution in [0.4, 0.5) is 5.69 Å². The number of thioether (sulfide) groups is 2. The molecular formula is C43H48N2O4S2. The third-order valence-corrected chi connectivity index (χ3v) is 11.7.